The van der Waals surface area contributed by atoms with Gasteiger partial charge in [-0.05, 0) is 12.8 Å². The number of carbonyl (C=O) groups is 1. The second-order valence-electron chi connectivity index (χ2n) is 3.02. The molecule has 2 rings (SSSR count). The minimum absolute atomic E-state index is 0.424. The third-order valence-electron chi connectivity index (χ3n) is 2.02. The van der Waals surface area contributed by atoms with E-state index < -0.39 is 0 Å². The Labute approximate surface area is 70.1 Å². The van der Waals surface area contributed by atoms with Gasteiger partial charge in [-0.15, -0.1) is 0 Å². The van der Waals surface area contributed by atoms with E-state index >= 15 is 0 Å². The van der Waals surface area contributed by atoms with Crippen molar-refractivity contribution >= 4 is 6.47 Å². The first-order valence-electron chi connectivity index (χ1n) is 3.95. The Morgan fingerprint density at radius 2 is 2.50 bits per heavy atom. The third kappa shape index (κ3) is 1.20. The molecular weight excluding hydrogens is 156 g/mol. The van der Waals surface area contributed by atoms with Gasteiger partial charge in [0.2, 0.25) is 5.88 Å². The van der Waals surface area contributed by atoms with Gasteiger partial charge in [0.05, 0.1) is 5.69 Å². The van der Waals surface area contributed by atoms with Crippen molar-refractivity contribution in [2.45, 2.75) is 18.8 Å². The fourth-order valence-electron chi connectivity index (χ4n) is 1.21. The zero-order valence-electron chi connectivity index (χ0n) is 6.86. The molecule has 0 spiro atoms. The zero-order valence-corrected chi connectivity index (χ0v) is 6.86. The number of aryl methyl sites for hydroxylation is 1. The largest absolute Gasteiger partial charge is 0.410 e. The van der Waals surface area contributed by atoms with Gasteiger partial charge in [-0.3, -0.25) is 4.79 Å². The molecule has 1 saturated carbocycles. The van der Waals surface area contributed by atoms with Crippen molar-refractivity contribution in [3.8, 4) is 5.88 Å². The number of rotatable bonds is 3. The SMILES string of the molecule is Cn1nc(C2CC2)cc1OC=O. The molecule has 1 fully saturated rings. The van der Waals surface area contributed by atoms with E-state index in [9.17, 15) is 4.79 Å². The summed E-state index contributed by atoms with van der Waals surface area (Å²) in [4.78, 5) is 10.1. The monoisotopic (exact) mass is 166 g/mol. The molecule has 0 unspecified atom stereocenters. The second kappa shape index (κ2) is 2.62. The lowest BCUT2D eigenvalue weighted by Crippen LogP contribution is -1.97. The van der Waals surface area contributed by atoms with E-state index in [0.29, 0.717) is 18.3 Å². The van der Waals surface area contributed by atoms with Crippen LogP contribution in [-0.4, -0.2) is 16.3 Å². The van der Waals surface area contributed by atoms with Gasteiger partial charge in [0.25, 0.3) is 6.47 Å². The summed E-state index contributed by atoms with van der Waals surface area (Å²) < 4.78 is 6.30. The first kappa shape index (κ1) is 7.34. The van der Waals surface area contributed by atoms with E-state index in [1.807, 2.05) is 6.07 Å². The van der Waals surface area contributed by atoms with E-state index in [4.69, 9.17) is 4.74 Å². The topological polar surface area (TPSA) is 44.1 Å². The molecule has 64 valence electrons. The van der Waals surface area contributed by atoms with Crippen LogP contribution in [0.2, 0.25) is 0 Å². The Hall–Kier alpha value is -1.32. The Morgan fingerprint density at radius 3 is 3.08 bits per heavy atom. The van der Waals surface area contributed by atoms with Crippen LogP contribution in [-0.2, 0) is 11.8 Å². The van der Waals surface area contributed by atoms with Gasteiger partial charge in [-0.2, -0.15) is 5.10 Å². The quantitative estimate of drug-likeness (QED) is 0.625. The number of carbonyl (C=O) groups excluding carboxylic acids is 1. The van der Waals surface area contributed by atoms with Gasteiger partial charge in [-0.25, -0.2) is 4.68 Å². The fourth-order valence-corrected chi connectivity index (χ4v) is 1.21. The summed E-state index contributed by atoms with van der Waals surface area (Å²) in [5.74, 6) is 1.12. The van der Waals surface area contributed by atoms with Crippen molar-refractivity contribution in [2.24, 2.45) is 7.05 Å². The maximum atomic E-state index is 10.1. The predicted molar refractivity (Wildman–Crippen MR) is 41.9 cm³/mol. The highest BCUT2D eigenvalue weighted by atomic mass is 16.5. The van der Waals surface area contributed by atoms with E-state index in [-0.39, 0.29) is 0 Å². The minimum atomic E-state index is 0.424. The lowest BCUT2D eigenvalue weighted by atomic mass is 10.3. The van der Waals surface area contributed by atoms with Crippen LogP contribution in [0, 0.1) is 0 Å². The highest BCUT2D eigenvalue weighted by molar-refractivity contribution is 5.43. The van der Waals surface area contributed by atoms with Crippen LogP contribution in [0.5, 0.6) is 5.88 Å². The molecule has 4 nitrogen and oxygen atoms in total. The van der Waals surface area contributed by atoms with Gasteiger partial charge >= 0.3 is 0 Å². The van der Waals surface area contributed by atoms with Crippen molar-refractivity contribution in [1.29, 1.82) is 0 Å². The predicted octanol–water partition coefficient (Wildman–Crippen LogP) is 0.833. The normalized spacial score (nSPS) is 16.1. The lowest BCUT2D eigenvalue weighted by Gasteiger charge is -1.93. The van der Waals surface area contributed by atoms with Gasteiger partial charge in [0.15, 0.2) is 0 Å². The average molecular weight is 166 g/mol. The summed E-state index contributed by atoms with van der Waals surface area (Å²) >= 11 is 0. The van der Waals surface area contributed by atoms with Gasteiger partial charge < -0.3 is 4.74 Å². The lowest BCUT2D eigenvalue weighted by molar-refractivity contribution is -0.121. The third-order valence-corrected chi connectivity index (χ3v) is 2.02. The summed E-state index contributed by atoms with van der Waals surface area (Å²) in [5.41, 5.74) is 1.04. The van der Waals surface area contributed by atoms with Crippen LogP contribution in [0.25, 0.3) is 0 Å². The molecule has 1 heterocycles. The first-order valence-corrected chi connectivity index (χ1v) is 3.95. The standard InChI is InChI=1S/C8H10N2O2/c1-10-8(12-5-11)4-7(9-10)6-2-3-6/h4-6H,2-3H2,1H3. The Bertz CT molecular complexity index is 302. The van der Waals surface area contributed by atoms with Crippen LogP contribution in [0.1, 0.15) is 24.5 Å². The van der Waals surface area contributed by atoms with Gasteiger partial charge in [-0.1, -0.05) is 0 Å². The second-order valence-corrected chi connectivity index (χ2v) is 3.02. The van der Waals surface area contributed by atoms with Crippen molar-refractivity contribution in [3.63, 3.8) is 0 Å². The molecular formula is C8H10N2O2. The number of ether oxygens (including phenoxy) is 1. The smallest absolute Gasteiger partial charge is 0.299 e. The average Bonchev–Trinajstić information content (AvgIpc) is 2.80. The molecule has 0 atom stereocenters. The molecule has 1 aliphatic carbocycles. The van der Waals surface area contributed by atoms with E-state index in [1.54, 1.807) is 11.7 Å². The van der Waals surface area contributed by atoms with Gasteiger partial charge in [0.1, 0.15) is 0 Å². The van der Waals surface area contributed by atoms with Crippen molar-refractivity contribution in [2.75, 3.05) is 0 Å². The minimum Gasteiger partial charge on any atom is -0.410 e. The highest BCUT2D eigenvalue weighted by Crippen LogP contribution is 2.40. The summed E-state index contributed by atoms with van der Waals surface area (Å²) in [6.45, 7) is 0.424. The molecule has 0 aromatic carbocycles. The Morgan fingerprint density at radius 1 is 1.75 bits per heavy atom. The molecule has 0 bridgehead atoms. The number of nitrogens with zero attached hydrogens (tertiary/aromatic N) is 2. The maximum absolute atomic E-state index is 10.1. The summed E-state index contributed by atoms with van der Waals surface area (Å²) in [5, 5.41) is 4.22. The summed E-state index contributed by atoms with van der Waals surface area (Å²) in [6.07, 6.45) is 2.41. The van der Waals surface area contributed by atoms with E-state index in [1.165, 1.54) is 12.8 Å². The van der Waals surface area contributed by atoms with Crippen LogP contribution in [0.15, 0.2) is 6.07 Å². The van der Waals surface area contributed by atoms with Gasteiger partial charge in [0, 0.05) is 19.0 Å². The Balaban J connectivity index is 2.23. The molecule has 0 aliphatic heterocycles. The molecule has 0 radical (unpaired) electrons. The fraction of sp³-hybridized carbons (Fsp3) is 0.500. The number of aromatic nitrogens is 2. The van der Waals surface area contributed by atoms with Crippen LogP contribution >= 0.6 is 0 Å². The molecule has 1 aromatic rings. The molecule has 1 aromatic heterocycles. The highest BCUT2D eigenvalue weighted by Gasteiger charge is 2.27. The maximum Gasteiger partial charge on any atom is 0.299 e. The molecule has 0 N–H and O–H groups in total. The molecule has 0 saturated heterocycles. The summed E-state index contributed by atoms with van der Waals surface area (Å²) in [7, 11) is 1.77. The molecule has 12 heavy (non-hydrogen) atoms. The van der Waals surface area contributed by atoms with Crippen molar-refractivity contribution in [3.05, 3.63) is 11.8 Å². The first-order chi connectivity index (χ1) is 5.81. The molecule has 4 heteroatoms. The van der Waals surface area contributed by atoms with Crippen LogP contribution in [0.3, 0.4) is 0 Å². The van der Waals surface area contributed by atoms with Crippen LogP contribution in [0.4, 0.5) is 0 Å². The zero-order chi connectivity index (χ0) is 8.55. The number of hydrogen-bond donors (Lipinski definition) is 0. The molecule has 1 aliphatic rings. The van der Waals surface area contributed by atoms with E-state index in [0.717, 1.165) is 5.69 Å². The van der Waals surface area contributed by atoms with Crippen molar-refractivity contribution < 1.29 is 9.53 Å². The van der Waals surface area contributed by atoms with Crippen molar-refractivity contribution in [1.82, 2.24) is 9.78 Å². The number of hydrogen-bond acceptors (Lipinski definition) is 3. The summed E-state index contributed by atoms with van der Waals surface area (Å²) in [6, 6.07) is 1.83. The van der Waals surface area contributed by atoms with E-state index in [2.05, 4.69) is 5.10 Å². The molecule has 0 amide bonds. The Kier molecular flexibility index (Phi) is 1.60. The van der Waals surface area contributed by atoms with Crippen LogP contribution < -0.4 is 4.74 Å².